The molecule has 0 aliphatic carbocycles. The van der Waals surface area contributed by atoms with Gasteiger partial charge in [-0.05, 0) is 25.1 Å². The first-order valence-electron chi connectivity index (χ1n) is 7.73. The molecule has 3 aromatic heterocycles. The quantitative estimate of drug-likeness (QED) is 0.597. The third kappa shape index (κ3) is 2.63. The van der Waals surface area contributed by atoms with Crippen molar-refractivity contribution in [1.29, 1.82) is 0 Å². The highest BCUT2D eigenvalue weighted by Crippen LogP contribution is 2.31. The van der Waals surface area contributed by atoms with E-state index in [1.165, 1.54) is 0 Å². The predicted molar refractivity (Wildman–Crippen MR) is 94.3 cm³/mol. The largest absolute Gasteiger partial charge is 0.478 e. The van der Waals surface area contributed by atoms with Crippen molar-refractivity contribution in [2.24, 2.45) is 0 Å². The van der Waals surface area contributed by atoms with E-state index in [1.54, 1.807) is 24.5 Å². The number of carbonyl (C=O) groups is 1. The molecule has 0 aliphatic heterocycles. The molecular formula is C19H14N4O2. The molecule has 0 spiro atoms. The number of fused-ring (bicyclic) bond motifs is 1. The summed E-state index contributed by atoms with van der Waals surface area (Å²) < 4.78 is 0. The van der Waals surface area contributed by atoms with Gasteiger partial charge in [0.15, 0.2) is 5.65 Å². The Kier molecular flexibility index (Phi) is 3.50. The Labute approximate surface area is 143 Å². The molecule has 4 aromatic rings. The number of rotatable bonds is 3. The number of carboxylic acid groups (broad SMARTS) is 1. The Morgan fingerprint density at radius 3 is 2.60 bits per heavy atom. The molecule has 3 heterocycles. The molecule has 6 nitrogen and oxygen atoms in total. The Hall–Kier alpha value is -3.54. The lowest BCUT2D eigenvalue weighted by Crippen LogP contribution is -2.00. The monoisotopic (exact) mass is 330 g/mol. The first-order valence-corrected chi connectivity index (χ1v) is 7.73. The third-order valence-electron chi connectivity index (χ3n) is 4.05. The van der Waals surface area contributed by atoms with Crippen LogP contribution in [0.5, 0.6) is 0 Å². The van der Waals surface area contributed by atoms with Crippen LogP contribution in [-0.2, 0) is 0 Å². The summed E-state index contributed by atoms with van der Waals surface area (Å²) in [6, 6.07) is 13.0. The number of hydrogen-bond acceptors (Lipinski definition) is 4. The summed E-state index contributed by atoms with van der Waals surface area (Å²) in [5.74, 6) is -1.02. The van der Waals surface area contributed by atoms with Gasteiger partial charge < -0.3 is 5.11 Å². The van der Waals surface area contributed by atoms with Gasteiger partial charge in [0.2, 0.25) is 0 Å². The highest BCUT2D eigenvalue weighted by atomic mass is 16.4. The Morgan fingerprint density at radius 2 is 1.92 bits per heavy atom. The van der Waals surface area contributed by atoms with Crippen LogP contribution in [0.3, 0.4) is 0 Å². The second-order valence-corrected chi connectivity index (χ2v) is 5.77. The summed E-state index contributed by atoms with van der Waals surface area (Å²) in [7, 11) is 0. The van der Waals surface area contributed by atoms with Gasteiger partial charge in [-0.1, -0.05) is 29.8 Å². The van der Waals surface area contributed by atoms with E-state index < -0.39 is 5.97 Å². The number of nitrogens with zero attached hydrogens (tertiary/aromatic N) is 3. The zero-order valence-electron chi connectivity index (χ0n) is 13.4. The molecule has 0 saturated carbocycles. The number of pyridine rings is 2. The van der Waals surface area contributed by atoms with Crippen molar-refractivity contribution in [3.05, 3.63) is 66.0 Å². The Morgan fingerprint density at radius 1 is 1.12 bits per heavy atom. The fraction of sp³-hybridized carbons (Fsp3) is 0.0526. The second kappa shape index (κ2) is 5.83. The lowest BCUT2D eigenvalue weighted by Gasteiger charge is -2.05. The molecule has 0 radical (unpaired) electrons. The van der Waals surface area contributed by atoms with E-state index in [4.69, 9.17) is 0 Å². The fourth-order valence-electron chi connectivity index (χ4n) is 2.78. The van der Waals surface area contributed by atoms with Crippen molar-refractivity contribution in [2.45, 2.75) is 6.92 Å². The van der Waals surface area contributed by atoms with E-state index >= 15 is 0 Å². The highest BCUT2D eigenvalue weighted by Gasteiger charge is 2.19. The van der Waals surface area contributed by atoms with Crippen molar-refractivity contribution in [1.82, 2.24) is 20.2 Å². The summed E-state index contributed by atoms with van der Waals surface area (Å²) in [6.45, 7) is 2.00. The van der Waals surface area contributed by atoms with Gasteiger partial charge in [0.25, 0.3) is 0 Å². The SMILES string of the molecule is Cc1ccc(-c2[nH]nc3nc(-c4cccnc4)cc(C(=O)O)c23)cc1. The molecule has 0 atom stereocenters. The second-order valence-electron chi connectivity index (χ2n) is 5.77. The molecule has 6 heteroatoms. The summed E-state index contributed by atoms with van der Waals surface area (Å²) in [5, 5.41) is 17.4. The van der Waals surface area contributed by atoms with Gasteiger partial charge in [0.1, 0.15) is 0 Å². The summed E-state index contributed by atoms with van der Waals surface area (Å²) in [4.78, 5) is 20.4. The minimum Gasteiger partial charge on any atom is -0.478 e. The number of nitrogens with one attached hydrogen (secondary N) is 1. The number of hydrogen-bond donors (Lipinski definition) is 2. The van der Waals surface area contributed by atoms with Crippen LogP contribution in [0.1, 0.15) is 15.9 Å². The topological polar surface area (TPSA) is 91.8 Å². The van der Waals surface area contributed by atoms with Gasteiger partial charge >= 0.3 is 5.97 Å². The lowest BCUT2D eigenvalue weighted by atomic mass is 10.0. The summed E-state index contributed by atoms with van der Waals surface area (Å²) in [5.41, 5.74) is 4.45. The van der Waals surface area contributed by atoms with E-state index in [9.17, 15) is 9.90 Å². The van der Waals surface area contributed by atoms with Gasteiger partial charge in [0.05, 0.1) is 22.3 Å². The smallest absolute Gasteiger partial charge is 0.336 e. The van der Waals surface area contributed by atoms with Crippen LogP contribution in [0.25, 0.3) is 33.5 Å². The van der Waals surface area contributed by atoms with Gasteiger partial charge in [-0.15, -0.1) is 0 Å². The van der Waals surface area contributed by atoms with Crippen LogP contribution in [0.2, 0.25) is 0 Å². The molecule has 2 N–H and O–H groups in total. The standard InChI is InChI=1S/C19H14N4O2/c1-11-4-6-12(7-5-11)17-16-14(19(24)25)9-15(21-18(16)23-22-17)13-3-2-8-20-10-13/h2-10H,1H3,(H,24,25)(H,21,22,23). The molecular weight excluding hydrogens is 316 g/mol. The average Bonchev–Trinajstić information content (AvgIpc) is 3.06. The molecule has 0 bridgehead atoms. The van der Waals surface area contributed by atoms with Gasteiger partial charge in [-0.25, -0.2) is 9.78 Å². The lowest BCUT2D eigenvalue weighted by molar-refractivity contribution is 0.0699. The number of aromatic carboxylic acids is 1. The van der Waals surface area contributed by atoms with Crippen LogP contribution in [0, 0.1) is 6.92 Å². The summed E-state index contributed by atoms with van der Waals surface area (Å²) >= 11 is 0. The minimum absolute atomic E-state index is 0.160. The molecule has 0 amide bonds. The number of H-pyrrole nitrogens is 1. The van der Waals surface area contributed by atoms with Crippen molar-refractivity contribution >= 4 is 17.0 Å². The van der Waals surface area contributed by atoms with Crippen molar-refractivity contribution in [3.8, 4) is 22.5 Å². The average molecular weight is 330 g/mol. The summed E-state index contributed by atoms with van der Waals surface area (Å²) in [6.07, 6.45) is 3.30. The molecule has 0 fully saturated rings. The van der Waals surface area contributed by atoms with Crippen LogP contribution in [-0.4, -0.2) is 31.2 Å². The Balaban J connectivity index is 1.97. The van der Waals surface area contributed by atoms with Crippen LogP contribution < -0.4 is 0 Å². The van der Waals surface area contributed by atoms with Gasteiger partial charge in [-0.2, -0.15) is 5.10 Å². The molecule has 122 valence electrons. The molecule has 4 rings (SSSR count). The zero-order chi connectivity index (χ0) is 17.4. The van der Waals surface area contributed by atoms with Gasteiger partial charge in [-0.3, -0.25) is 10.1 Å². The molecule has 0 aliphatic rings. The number of aromatic amines is 1. The molecule has 0 saturated heterocycles. The number of benzene rings is 1. The van der Waals surface area contributed by atoms with E-state index in [1.807, 2.05) is 37.3 Å². The van der Waals surface area contributed by atoms with Crippen molar-refractivity contribution in [3.63, 3.8) is 0 Å². The number of carboxylic acids is 1. The molecule has 25 heavy (non-hydrogen) atoms. The molecule has 0 unspecified atom stereocenters. The number of aryl methyl sites for hydroxylation is 1. The van der Waals surface area contributed by atoms with Crippen LogP contribution in [0.4, 0.5) is 0 Å². The highest BCUT2D eigenvalue weighted by molar-refractivity contribution is 6.08. The van der Waals surface area contributed by atoms with Crippen molar-refractivity contribution in [2.75, 3.05) is 0 Å². The maximum Gasteiger partial charge on any atom is 0.336 e. The van der Waals surface area contributed by atoms with Crippen molar-refractivity contribution < 1.29 is 9.90 Å². The zero-order valence-corrected chi connectivity index (χ0v) is 13.4. The van der Waals surface area contributed by atoms with Gasteiger partial charge in [0, 0.05) is 23.5 Å². The fourth-order valence-corrected chi connectivity index (χ4v) is 2.78. The molecule has 1 aromatic carbocycles. The first kappa shape index (κ1) is 15.0. The third-order valence-corrected chi connectivity index (χ3v) is 4.05. The van der Waals surface area contributed by atoms with E-state index in [0.717, 1.165) is 16.7 Å². The normalized spacial score (nSPS) is 10.9. The predicted octanol–water partition coefficient (Wildman–Crippen LogP) is 3.69. The van der Waals surface area contributed by atoms with E-state index in [0.29, 0.717) is 22.4 Å². The first-order chi connectivity index (χ1) is 12.1. The van der Waals surface area contributed by atoms with E-state index in [-0.39, 0.29) is 5.56 Å². The van der Waals surface area contributed by atoms with E-state index in [2.05, 4.69) is 20.2 Å². The maximum atomic E-state index is 11.8. The number of aromatic nitrogens is 4. The van der Waals surface area contributed by atoms with Crippen LogP contribution in [0.15, 0.2) is 54.9 Å². The Bertz CT molecular complexity index is 1070. The maximum absolute atomic E-state index is 11.8. The van der Waals surface area contributed by atoms with Crippen LogP contribution >= 0.6 is 0 Å². The minimum atomic E-state index is -1.02.